The third kappa shape index (κ3) is 3.41. The number of sulfone groups is 1. The normalized spacial score (nSPS) is 21.5. The van der Waals surface area contributed by atoms with Crippen LogP contribution in [-0.4, -0.2) is 36.7 Å². The Kier molecular flexibility index (Phi) is 4.14. The lowest BCUT2D eigenvalue weighted by atomic mass is 10.1. The van der Waals surface area contributed by atoms with Crippen molar-refractivity contribution in [1.82, 2.24) is 15.8 Å². The fourth-order valence-corrected chi connectivity index (χ4v) is 5.00. The monoisotopic (exact) mass is 373 g/mol. The Morgan fingerprint density at radius 1 is 1.08 bits per heavy atom. The molecular formula is C18H19N3O4S. The minimum absolute atomic E-state index is 0.0127. The molecule has 2 aliphatic rings. The molecule has 2 amide bonds. The fraction of sp³-hybridized carbons (Fsp3) is 0.389. The Labute approximate surface area is 151 Å². The number of fused-ring (bicyclic) bond motifs is 1. The molecule has 4 rings (SSSR count). The summed E-state index contributed by atoms with van der Waals surface area (Å²) >= 11 is 0. The van der Waals surface area contributed by atoms with Gasteiger partial charge in [-0.1, -0.05) is 18.2 Å². The molecule has 7 nitrogen and oxygen atoms in total. The van der Waals surface area contributed by atoms with Crippen molar-refractivity contribution in [2.24, 2.45) is 5.92 Å². The van der Waals surface area contributed by atoms with Crippen molar-refractivity contribution in [2.45, 2.75) is 25.2 Å². The maximum Gasteiger partial charge on any atom is 0.270 e. The van der Waals surface area contributed by atoms with Gasteiger partial charge in [0.05, 0.1) is 28.5 Å². The van der Waals surface area contributed by atoms with E-state index in [0.29, 0.717) is 16.9 Å². The second-order valence-corrected chi connectivity index (χ2v) is 9.16. The second kappa shape index (κ2) is 6.35. The number of hydrazine groups is 1. The van der Waals surface area contributed by atoms with E-state index in [1.54, 1.807) is 6.07 Å². The molecule has 1 saturated heterocycles. The molecule has 136 valence electrons. The Morgan fingerprint density at radius 2 is 1.85 bits per heavy atom. The van der Waals surface area contributed by atoms with Crippen LogP contribution in [0.3, 0.4) is 0 Å². The lowest BCUT2D eigenvalue weighted by molar-refractivity contribution is -0.125. The Bertz CT molecular complexity index is 999. The van der Waals surface area contributed by atoms with Gasteiger partial charge >= 0.3 is 0 Å². The van der Waals surface area contributed by atoms with Crippen LogP contribution in [0.1, 0.15) is 41.2 Å². The number of nitrogens with zero attached hydrogens (tertiary/aromatic N) is 1. The molecule has 2 fully saturated rings. The topological polar surface area (TPSA) is 105 Å². The van der Waals surface area contributed by atoms with Gasteiger partial charge in [0.2, 0.25) is 5.91 Å². The van der Waals surface area contributed by atoms with Gasteiger partial charge in [0, 0.05) is 17.0 Å². The third-order valence-corrected chi connectivity index (χ3v) is 6.65. The maximum absolute atomic E-state index is 12.6. The average molecular weight is 373 g/mol. The molecule has 1 aromatic heterocycles. The molecule has 1 aliphatic carbocycles. The van der Waals surface area contributed by atoms with Gasteiger partial charge in [0.15, 0.2) is 9.84 Å². The molecule has 1 saturated carbocycles. The van der Waals surface area contributed by atoms with Crippen LogP contribution in [0.25, 0.3) is 10.9 Å². The van der Waals surface area contributed by atoms with Crippen molar-refractivity contribution in [1.29, 1.82) is 0 Å². The predicted molar refractivity (Wildman–Crippen MR) is 96.1 cm³/mol. The molecule has 0 unspecified atom stereocenters. The van der Waals surface area contributed by atoms with E-state index in [1.807, 2.05) is 24.3 Å². The highest BCUT2D eigenvalue weighted by Gasteiger charge is 2.33. The van der Waals surface area contributed by atoms with Crippen molar-refractivity contribution in [3.05, 3.63) is 41.6 Å². The molecule has 26 heavy (non-hydrogen) atoms. The largest absolute Gasteiger partial charge is 0.273 e. The first-order valence-electron chi connectivity index (χ1n) is 8.63. The van der Waals surface area contributed by atoms with E-state index in [9.17, 15) is 18.0 Å². The zero-order chi connectivity index (χ0) is 18.3. The number of aromatic nitrogens is 1. The van der Waals surface area contributed by atoms with Gasteiger partial charge in [0.25, 0.3) is 5.91 Å². The standard InChI is InChI=1S/C18H19N3O4S/c22-17(12-7-8-26(24,25)10-12)20-21-18(23)14-9-16(11-5-6-11)19-15-4-2-1-3-13(14)15/h1-4,9,11-12H,5-8,10H2,(H,20,22)(H,21,23)/t12-/m1/s1. The summed E-state index contributed by atoms with van der Waals surface area (Å²) < 4.78 is 23.0. The predicted octanol–water partition coefficient (Wildman–Crippen LogP) is 1.31. The van der Waals surface area contributed by atoms with Crippen LogP contribution in [0.15, 0.2) is 30.3 Å². The van der Waals surface area contributed by atoms with E-state index in [1.165, 1.54) is 0 Å². The van der Waals surface area contributed by atoms with Crippen LogP contribution in [0, 0.1) is 5.92 Å². The summed E-state index contributed by atoms with van der Waals surface area (Å²) in [5.74, 6) is -1.28. The Hall–Kier alpha value is -2.48. The number of hydrogen-bond acceptors (Lipinski definition) is 5. The highest BCUT2D eigenvalue weighted by Crippen LogP contribution is 2.40. The smallest absolute Gasteiger partial charge is 0.270 e. The number of para-hydroxylation sites is 1. The number of carbonyl (C=O) groups is 2. The summed E-state index contributed by atoms with van der Waals surface area (Å²) in [5.41, 5.74) is 6.88. The molecule has 1 atom stereocenters. The quantitative estimate of drug-likeness (QED) is 0.789. The Balaban J connectivity index is 1.52. The molecule has 8 heteroatoms. The van der Waals surface area contributed by atoms with Crippen molar-refractivity contribution in [3.8, 4) is 0 Å². The van der Waals surface area contributed by atoms with Gasteiger partial charge in [-0.15, -0.1) is 0 Å². The number of rotatable bonds is 3. The number of nitrogens with one attached hydrogen (secondary N) is 2. The molecule has 1 aliphatic heterocycles. The van der Waals surface area contributed by atoms with Crippen LogP contribution in [-0.2, 0) is 14.6 Å². The molecule has 0 spiro atoms. The zero-order valence-corrected chi connectivity index (χ0v) is 14.9. The lowest BCUT2D eigenvalue weighted by Crippen LogP contribution is -2.45. The van der Waals surface area contributed by atoms with Crippen LogP contribution >= 0.6 is 0 Å². The molecule has 1 aromatic carbocycles. The molecule has 2 N–H and O–H groups in total. The molecule has 2 heterocycles. The number of pyridine rings is 1. The van der Waals surface area contributed by atoms with Crippen molar-refractivity contribution < 1.29 is 18.0 Å². The van der Waals surface area contributed by atoms with Gasteiger partial charge < -0.3 is 0 Å². The van der Waals surface area contributed by atoms with Gasteiger partial charge in [0.1, 0.15) is 0 Å². The molecule has 2 aromatic rings. The van der Waals surface area contributed by atoms with Crippen LogP contribution < -0.4 is 10.9 Å². The summed E-state index contributed by atoms with van der Waals surface area (Å²) in [6.07, 6.45) is 2.42. The lowest BCUT2D eigenvalue weighted by Gasteiger charge is -2.13. The van der Waals surface area contributed by atoms with Crippen molar-refractivity contribution in [3.63, 3.8) is 0 Å². The van der Waals surface area contributed by atoms with Gasteiger partial charge in [-0.25, -0.2) is 8.42 Å². The summed E-state index contributed by atoms with van der Waals surface area (Å²) in [7, 11) is -3.15. The minimum atomic E-state index is -3.15. The van der Waals surface area contributed by atoms with E-state index in [-0.39, 0.29) is 17.9 Å². The zero-order valence-electron chi connectivity index (χ0n) is 14.1. The summed E-state index contributed by atoms with van der Waals surface area (Å²) in [5, 5.41) is 0.715. The highest BCUT2D eigenvalue weighted by atomic mass is 32.2. The first-order chi connectivity index (χ1) is 12.4. The Morgan fingerprint density at radius 3 is 2.54 bits per heavy atom. The average Bonchev–Trinajstić information content (AvgIpc) is 3.41. The highest BCUT2D eigenvalue weighted by molar-refractivity contribution is 7.91. The first-order valence-corrected chi connectivity index (χ1v) is 10.5. The number of hydrogen-bond donors (Lipinski definition) is 2. The summed E-state index contributed by atoms with van der Waals surface area (Å²) in [4.78, 5) is 29.4. The van der Waals surface area contributed by atoms with Gasteiger partial charge in [-0.3, -0.25) is 25.4 Å². The number of carbonyl (C=O) groups excluding carboxylic acids is 2. The SMILES string of the molecule is O=C(NNC(=O)[C@@H]1CCS(=O)(=O)C1)c1cc(C2CC2)nc2ccccc12. The molecule has 0 radical (unpaired) electrons. The van der Waals surface area contributed by atoms with Crippen molar-refractivity contribution >= 4 is 32.6 Å². The van der Waals surface area contributed by atoms with E-state index < -0.39 is 27.6 Å². The van der Waals surface area contributed by atoms with Crippen LogP contribution in [0.2, 0.25) is 0 Å². The fourth-order valence-electron chi connectivity index (χ4n) is 3.26. The van der Waals surface area contributed by atoms with E-state index in [2.05, 4.69) is 15.8 Å². The van der Waals surface area contributed by atoms with E-state index >= 15 is 0 Å². The summed E-state index contributed by atoms with van der Waals surface area (Å²) in [6, 6.07) is 9.16. The first kappa shape index (κ1) is 17.0. The van der Waals surface area contributed by atoms with E-state index in [4.69, 9.17) is 0 Å². The molecule has 0 bridgehead atoms. The van der Waals surface area contributed by atoms with Crippen molar-refractivity contribution in [2.75, 3.05) is 11.5 Å². The second-order valence-electron chi connectivity index (χ2n) is 6.93. The maximum atomic E-state index is 12.6. The van der Waals surface area contributed by atoms with E-state index in [0.717, 1.165) is 24.1 Å². The number of amides is 2. The minimum Gasteiger partial charge on any atom is -0.273 e. The van der Waals surface area contributed by atoms with Gasteiger partial charge in [-0.2, -0.15) is 0 Å². The molecular weight excluding hydrogens is 354 g/mol. The van der Waals surface area contributed by atoms with Crippen LogP contribution in [0.4, 0.5) is 0 Å². The third-order valence-electron chi connectivity index (χ3n) is 4.88. The van der Waals surface area contributed by atoms with Gasteiger partial charge in [-0.05, 0) is 31.4 Å². The van der Waals surface area contributed by atoms with Crippen LogP contribution in [0.5, 0.6) is 0 Å². The number of benzene rings is 1. The summed E-state index contributed by atoms with van der Waals surface area (Å²) in [6.45, 7) is 0.